The Morgan fingerprint density at radius 2 is 1.79 bits per heavy atom. The van der Waals surface area contributed by atoms with Crippen molar-refractivity contribution in [2.24, 2.45) is 4.99 Å². The van der Waals surface area contributed by atoms with Gasteiger partial charge in [-0.25, -0.2) is 14.6 Å². The van der Waals surface area contributed by atoms with Gasteiger partial charge in [-0.1, -0.05) is 48.5 Å². The second-order valence-electron chi connectivity index (χ2n) is 7.48. The largest absolute Gasteiger partial charge is 0.352 e. The summed E-state index contributed by atoms with van der Waals surface area (Å²) in [6.45, 7) is 6.19. The molecule has 0 saturated carbocycles. The van der Waals surface area contributed by atoms with Gasteiger partial charge < -0.3 is 10.6 Å². The van der Waals surface area contributed by atoms with Crippen molar-refractivity contribution in [1.29, 1.82) is 0 Å². The highest BCUT2D eigenvalue weighted by atomic mass is 127. The maximum atomic E-state index is 4.58. The van der Waals surface area contributed by atoms with Crippen LogP contribution in [0.2, 0.25) is 0 Å². The second-order valence-corrected chi connectivity index (χ2v) is 8.76. The van der Waals surface area contributed by atoms with Gasteiger partial charge in [-0.2, -0.15) is 5.10 Å². The van der Waals surface area contributed by atoms with E-state index in [0.717, 1.165) is 16.7 Å². The van der Waals surface area contributed by atoms with E-state index in [4.69, 9.17) is 0 Å². The number of halogens is 1. The van der Waals surface area contributed by atoms with Crippen LogP contribution >= 0.6 is 35.3 Å². The van der Waals surface area contributed by atoms with Crippen LogP contribution in [-0.4, -0.2) is 32.8 Å². The summed E-state index contributed by atoms with van der Waals surface area (Å²) in [4.78, 5) is 14.2. The van der Waals surface area contributed by atoms with Gasteiger partial charge in [0.1, 0.15) is 17.7 Å². The number of aryl methyl sites for hydroxylation is 2. The zero-order valence-corrected chi connectivity index (χ0v) is 22.1. The molecule has 0 bridgehead atoms. The third kappa shape index (κ3) is 6.61. The van der Waals surface area contributed by atoms with Crippen LogP contribution in [0.5, 0.6) is 0 Å². The van der Waals surface area contributed by atoms with E-state index in [1.54, 1.807) is 31.0 Å². The molecule has 2 N–H and O–H groups in total. The molecule has 7 nitrogen and oxygen atoms in total. The summed E-state index contributed by atoms with van der Waals surface area (Å²) in [7, 11) is 1.79. The second kappa shape index (κ2) is 11.9. The minimum Gasteiger partial charge on any atom is -0.352 e. The van der Waals surface area contributed by atoms with Gasteiger partial charge >= 0.3 is 0 Å². The van der Waals surface area contributed by atoms with E-state index < -0.39 is 0 Å². The van der Waals surface area contributed by atoms with Crippen molar-refractivity contribution < 1.29 is 0 Å². The number of hydrogen-bond donors (Lipinski definition) is 2. The molecule has 33 heavy (non-hydrogen) atoms. The SMILES string of the molecule is CN=C(NCc1nc(C)c(C)s1)NCc1ccccc1-c1ccc(Cn2cncn2)cc1.I. The van der Waals surface area contributed by atoms with Crippen LogP contribution in [0.25, 0.3) is 11.1 Å². The predicted octanol–water partition coefficient (Wildman–Crippen LogP) is 4.55. The van der Waals surface area contributed by atoms with Crippen molar-refractivity contribution in [3.63, 3.8) is 0 Å². The zero-order chi connectivity index (χ0) is 22.3. The predicted molar refractivity (Wildman–Crippen MR) is 145 cm³/mol. The van der Waals surface area contributed by atoms with Crippen LogP contribution in [-0.2, 0) is 19.6 Å². The molecule has 0 radical (unpaired) electrons. The maximum Gasteiger partial charge on any atom is 0.191 e. The fourth-order valence-corrected chi connectivity index (χ4v) is 4.29. The van der Waals surface area contributed by atoms with E-state index in [1.807, 2.05) is 11.6 Å². The summed E-state index contributed by atoms with van der Waals surface area (Å²) in [6, 6.07) is 17.0. The molecule has 0 aliphatic carbocycles. The third-order valence-electron chi connectivity index (χ3n) is 5.24. The first-order chi connectivity index (χ1) is 15.6. The maximum absolute atomic E-state index is 4.58. The molecule has 0 spiro atoms. The average Bonchev–Trinajstić information content (AvgIpc) is 3.44. The molecule has 172 valence electrons. The normalized spacial score (nSPS) is 11.2. The Hall–Kier alpha value is -2.79. The Labute approximate surface area is 215 Å². The van der Waals surface area contributed by atoms with Gasteiger partial charge in [-0.05, 0) is 36.1 Å². The molecule has 9 heteroatoms. The van der Waals surface area contributed by atoms with E-state index >= 15 is 0 Å². The molecule has 4 rings (SSSR count). The van der Waals surface area contributed by atoms with E-state index in [0.29, 0.717) is 19.6 Å². The van der Waals surface area contributed by atoms with Crippen LogP contribution in [0.1, 0.15) is 26.7 Å². The van der Waals surface area contributed by atoms with Gasteiger partial charge in [0.25, 0.3) is 0 Å². The molecule has 0 saturated heterocycles. The van der Waals surface area contributed by atoms with E-state index in [1.165, 1.54) is 27.1 Å². The summed E-state index contributed by atoms with van der Waals surface area (Å²) < 4.78 is 1.82. The fraction of sp³-hybridized carbons (Fsp3) is 0.250. The van der Waals surface area contributed by atoms with Crippen LogP contribution in [0.3, 0.4) is 0 Å². The first-order valence-corrected chi connectivity index (χ1v) is 11.3. The van der Waals surface area contributed by atoms with Crippen LogP contribution in [0.15, 0.2) is 66.2 Å². The first-order valence-electron chi connectivity index (χ1n) is 10.5. The van der Waals surface area contributed by atoms with Crippen molar-refractivity contribution in [2.75, 3.05) is 7.05 Å². The lowest BCUT2D eigenvalue weighted by Gasteiger charge is -2.14. The Kier molecular flexibility index (Phi) is 8.95. The molecular weight excluding hydrogens is 545 g/mol. The quantitative estimate of drug-likeness (QED) is 0.193. The van der Waals surface area contributed by atoms with Crippen LogP contribution in [0.4, 0.5) is 0 Å². The highest BCUT2D eigenvalue weighted by molar-refractivity contribution is 14.0. The third-order valence-corrected chi connectivity index (χ3v) is 6.32. The highest BCUT2D eigenvalue weighted by Gasteiger charge is 2.08. The molecule has 2 aromatic heterocycles. The summed E-state index contributed by atoms with van der Waals surface area (Å²) >= 11 is 1.72. The number of rotatable bonds is 7. The van der Waals surface area contributed by atoms with Gasteiger partial charge in [0, 0.05) is 18.5 Å². The molecule has 4 aromatic rings. The van der Waals surface area contributed by atoms with E-state index in [2.05, 4.69) is 86.1 Å². The van der Waals surface area contributed by atoms with E-state index in [9.17, 15) is 0 Å². The van der Waals surface area contributed by atoms with Crippen LogP contribution in [0, 0.1) is 13.8 Å². The topological polar surface area (TPSA) is 80.0 Å². The Morgan fingerprint density at radius 1 is 1.03 bits per heavy atom. The monoisotopic (exact) mass is 573 g/mol. The molecule has 0 unspecified atom stereocenters. The molecule has 0 aliphatic heterocycles. The Morgan fingerprint density at radius 3 is 2.45 bits per heavy atom. The summed E-state index contributed by atoms with van der Waals surface area (Å²) in [5.74, 6) is 0.758. The highest BCUT2D eigenvalue weighted by Crippen LogP contribution is 2.24. The number of benzene rings is 2. The summed E-state index contributed by atoms with van der Waals surface area (Å²) in [5.41, 5.74) is 5.87. The number of nitrogens with one attached hydrogen (secondary N) is 2. The molecule has 0 atom stereocenters. The minimum absolute atomic E-state index is 0. The molecule has 2 aromatic carbocycles. The molecule has 0 aliphatic rings. The van der Waals surface area contributed by atoms with Crippen molar-refractivity contribution in [3.05, 3.63) is 87.9 Å². The number of aromatic nitrogens is 4. The fourth-order valence-electron chi connectivity index (χ4n) is 3.42. The van der Waals surface area contributed by atoms with Crippen LogP contribution < -0.4 is 10.6 Å². The summed E-state index contributed by atoms with van der Waals surface area (Å²) in [5, 5.41) is 12.0. The van der Waals surface area contributed by atoms with Gasteiger partial charge in [-0.3, -0.25) is 4.99 Å². The van der Waals surface area contributed by atoms with Gasteiger partial charge in [-0.15, -0.1) is 35.3 Å². The number of guanidine groups is 1. The molecule has 2 heterocycles. The Bertz CT molecular complexity index is 1160. The van der Waals surface area contributed by atoms with Crippen molar-refractivity contribution in [3.8, 4) is 11.1 Å². The lowest BCUT2D eigenvalue weighted by atomic mass is 9.98. The smallest absolute Gasteiger partial charge is 0.191 e. The van der Waals surface area contributed by atoms with Crippen molar-refractivity contribution in [1.82, 2.24) is 30.4 Å². The standard InChI is InChI=1S/C24H27N7S.HI/c1-17-18(2)32-23(30-17)13-28-24(25-3)27-12-21-6-4-5-7-22(21)20-10-8-19(9-11-20)14-31-16-26-15-29-31;/h4-11,15-16H,12-14H2,1-3H3,(H2,25,27,28);1H. The van der Waals surface area contributed by atoms with Gasteiger partial charge in [0.05, 0.1) is 18.8 Å². The molecule has 0 amide bonds. The number of nitrogens with zero attached hydrogens (tertiary/aromatic N) is 5. The minimum atomic E-state index is 0. The Balaban J connectivity index is 0.00000306. The molecular formula is C24H28IN7S. The number of aliphatic imine (C=N–C) groups is 1. The molecule has 0 fully saturated rings. The van der Waals surface area contributed by atoms with E-state index in [-0.39, 0.29) is 24.0 Å². The van der Waals surface area contributed by atoms with Gasteiger partial charge in [0.15, 0.2) is 5.96 Å². The van der Waals surface area contributed by atoms with Crippen molar-refractivity contribution >= 4 is 41.3 Å². The van der Waals surface area contributed by atoms with Gasteiger partial charge in [0.2, 0.25) is 0 Å². The van der Waals surface area contributed by atoms with Crippen molar-refractivity contribution in [2.45, 2.75) is 33.5 Å². The summed E-state index contributed by atoms with van der Waals surface area (Å²) in [6.07, 6.45) is 3.28. The number of thiazole rings is 1. The number of hydrogen-bond acceptors (Lipinski definition) is 5. The lowest BCUT2D eigenvalue weighted by molar-refractivity contribution is 0.685. The first kappa shape index (κ1) is 24.8. The zero-order valence-electron chi connectivity index (χ0n) is 18.9. The average molecular weight is 574 g/mol. The lowest BCUT2D eigenvalue weighted by Crippen LogP contribution is -2.36.